The van der Waals surface area contributed by atoms with Gasteiger partial charge in [-0.2, -0.15) is 0 Å². The van der Waals surface area contributed by atoms with Gasteiger partial charge in [-0.25, -0.2) is 0 Å². The number of carbonyl (C=O) groups is 2. The maximum atomic E-state index is 13.1. The third-order valence-electron chi connectivity index (χ3n) is 5.85. The molecule has 1 aromatic carbocycles. The Hall–Kier alpha value is -2.89. The van der Waals surface area contributed by atoms with Crippen LogP contribution >= 0.6 is 0 Å². The molecule has 26 heavy (non-hydrogen) atoms. The van der Waals surface area contributed by atoms with Crippen LogP contribution in [0.2, 0.25) is 0 Å². The van der Waals surface area contributed by atoms with Crippen LogP contribution in [0.5, 0.6) is 0 Å². The standard InChI is InChI=1S/C20H21N3O3/c21-16-15(8-10-22-17(16)13-5-2-1-3-6-13)18(24)23-11-14-7-4-9-20(14,12-23)19(25)26/h1-3,5-6,8,10,14H,4,7,9,11-12,21H2,(H,25,26)/t14-,20+/m0/s1. The smallest absolute Gasteiger partial charge is 0.311 e. The average molecular weight is 351 g/mol. The van der Waals surface area contributed by atoms with E-state index in [1.54, 1.807) is 17.2 Å². The van der Waals surface area contributed by atoms with Gasteiger partial charge in [0, 0.05) is 24.8 Å². The van der Waals surface area contributed by atoms with Crippen molar-refractivity contribution in [2.75, 3.05) is 18.8 Å². The summed E-state index contributed by atoms with van der Waals surface area (Å²) in [6.07, 6.45) is 3.99. The first kappa shape index (κ1) is 16.6. The van der Waals surface area contributed by atoms with E-state index in [1.807, 2.05) is 30.3 Å². The lowest BCUT2D eigenvalue weighted by atomic mass is 9.81. The Balaban J connectivity index is 1.65. The number of hydrogen-bond donors (Lipinski definition) is 2. The van der Waals surface area contributed by atoms with Gasteiger partial charge >= 0.3 is 5.97 Å². The van der Waals surface area contributed by atoms with Gasteiger partial charge in [0.2, 0.25) is 0 Å². The molecule has 1 amide bonds. The fourth-order valence-corrected chi connectivity index (χ4v) is 4.45. The molecule has 2 fully saturated rings. The lowest BCUT2D eigenvalue weighted by Crippen LogP contribution is -2.37. The number of anilines is 1. The number of rotatable bonds is 3. The highest BCUT2D eigenvalue weighted by molar-refractivity contribution is 6.02. The van der Waals surface area contributed by atoms with Crippen molar-refractivity contribution in [3.63, 3.8) is 0 Å². The minimum Gasteiger partial charge on any atom is -0.481 e. The Morgan fingerprint density at radius 3 is 2.69 bits per heavy atom. The van der Waals surface area contributed by atoms with Gasteiger partial charge in [0.15, 0.2) is 0 Å². The van der Waals surface area contributed by atoms with Crippen LogP contribution in [0, 0.1) is 11.3 Å². The maximum Gasteiger partial charge on any atom is 0.311 e. The third kappa shape index (κ3) is 2.44. The van der Waals surface area contributed by atoms with Gasteiger partial charge in [-0.3, -0.25) is 14.6 Å². The van der Waals surface area contributed by atoms with Crippen LogP contribution in [0.4, 0.5) is 5.69 Å². The average Bonchev–Trinajstić information content (AvgIpc) is 3.21. The quantitative estimate of drug-likeness (QED) is 0.886. The summed E-state index contributed by atoms with van der Waals surface area (Å²) in [5, 5.41) is 9.72. The lowest BCUT2D eigenvalue weighted by molar-refractivity contribution is -0.149. The molecule has 6 heteroatoms. The summed E-state index contributed by atoms with van der Waals surface area (Å²) < 4.78 is 0. The molecule has 2 atom stereocenters. The number of hydrogen-bond acceptors (Lipinski definition) is 4. The van der Waals surface area contributed by atoms with E-state index in [0.29, 0.717) is 29.9 Å². The van der Waals surface area contributed by atoms with Gasteiger partial charge in [-0.1, -0.05) is 36.8 Å². The molecular formula is C20H21N3O3. The molecule has 0 unspecified atom stereocenters. The summed E-state index contributed by atoms with van der Waals surface area (Å²) in [5.41, 5.74) is 7.62. The normalized spacial score (nSPS) is 24.5. The Bertz CT molecular complexity index is 868. The van der Waals surface area contributed by atoms with Crippen LogP contribution in [0.1, 0.15) is 29.6 Å². The van der Waals surface area contributed by atoms with Crippen molar-refractivity contribution in [3.05, 3.63) is 48.2 Å². The van der Waals surface area contributed by atoms with Gasteiger partial charge in [-0.05, 0) is 24.8 Å². The maximum absolute atomic E-state index is 13.1. The van der Waals surface area contributed by atoms with Crippen molar-refractivity contribution < 1.29 is 14.7 Å². The second kappa shape index (κ2) is 6.12. The van der Waals surface area contributed by atoms with E-state index < -0.39 is 11.4 Å². The van der Waals surface area contributed by atoms with Crippen molar-refractivity contribution in [1.82, 2.24) is 9.88 Å². The van der Waals surface area contributed by atoms with E-state index in [1.165, 1.54) is 0 Å². The number of likely N-dealkylation sites (tertiary alicyclic amines) is 1. The van der Waals surface area contributed by atoms with E-state index >= 15 is 0 Å². The van der Waals surface area contributed by atoms with Crippen molar-refractivity contribution in [2.24, 2.45) is 11.3 Å². The fraction of sp³-hybridized carbons (Fsp3) is 0.350. The molecule has 134 valence electrons. The lowest BCUT2D eigenvalue weighted by Gasteiger charge is -2.23. The number of benzene rings is 1. The first-order valence-electron chi connectivity index (χ1n) is 8.85. The Morgan fingerprint density at radius 1 is 1.23 bits per heavy atom. The number of aromatic nitrogens is 1. The zero-order chi connectivity index (χ0) is 18.3. The number of fused-ring (bicyclic) bond motifs is 1. The van der Waals surface area contributed by atoms with Crippen LogP contribution in [0.15, 0.2) is 42.6 Å². The monoisotopic (exact) mass is 351 g/mol. The Labute approximate surface area is 151 Å². The van der Waals surface area contributed by atoms with E-state index in [9.17, 15) is 14.7 Å². The van der Waals surface area contributed by atoms with Crippen LogP contribution in [-0.4, -0.2) is 40.0 Å². The summed E-state index contributed by atoms with van der Waals surface area (Å²) in [6, 6.07) is 11.1. The number of nitrogens with two attached hydrogens (primary N) is 1. The third-order valence-corrected chi connectivity index (χ3v) is 5.85. The molecule has 3 N–H and O–H groups in total. The van der Waals surface area contributed by atoms with Crippen LogP contribution in [-0.2, 0) is 4.79 Å². The Morgan fingerprint density at radius 2 is 2.00 bits per heavy atom. The number of nitrogens with zero attached hydrogens (tertiary/aromatic N) is 2. The van der Waals surface area contributed by atoms with Gasteiger partial charge in [-0.15, -0.1) is 0 Å². The molecule has 1 aliphatic carbocycles. The van der Waals surface area contributed by atoms with Crippen molar-refractivity contribution in [2.45, 2.75) is 19.3 Å². The SMILES string of the molecule is Nc1c(C(=O)N2C[C@@H]3CCC[C@@]3(C(=O)O)C2)ccnc1-c1ccccc1. The molecule has 1 saturated carbocycles. The molecule has 2 aliphatic rings. The summed E-state index contributed by atoms with van der Waals surface area (Å²) >= 11 is 0. The molecule has 1 aromatic heterocycles. The number of carboxylic acids is 1. The molecule has 0 spiro atoms. The zero-order valence-corrected chi connectivity index (χ0v) is 14.4. The van der Waals surface area contributed by atoms with Crippen LogP contribution < -0.4 is 5.73 Å². The van der Waals surface area contributed by atoms with Crippen molar-refractivity contribution in [3.8, 4) is 11.3 Å². The van der Waals surface area contributed by atoms with Gasteiger partial charge < -0.3 is 15.7 Å². The fourth-order valence-electron chi connectivity index (χ4n) is 4.45. The predicted octanol–water partition coefficient (Wildman–Crippen LogP) is 2.66. The second-order valence-corrected chi connectivity index (χ2v) is 7.22. The molecule has 6 nitrogen and oxygen atoms in total. The molecule has 1 saturated heterocycles. The number of carbonyl (C=O) groups excluding carboxylic acids is 1. The van der Waals surface area contributed by atoms with E-state index in [0.717, 1.165) is 18.4 Å². The largest absolute Gasteiger partial charge is 0.481 e. The first-order chi connectivity index (χ1) is 12.5. The van der Waals surface area contributed by atoms with Crippen LogP contribution in [0.25, 0.3) is 11.3 Å². The molecule has 0 bridgehead atoms. The molecule has 0 radical (unpaired) electrons. The topological polar surface area (TPSA) is 96.5 Å². The molecule has 4 rings (SSSR count). The highest BCUT2D eigenvalue weighted by Crippen LogP contribution is 2.49. The van der Waals surface area contributed by atoms with Crippen molar-refractivity contribution >= 4 is 17.6 Å². The van der Waals surface area contributed by atoms with Gasteiger partial charge in [0.1, 0.15) is 0 Å². The van der Waals surface area contributed by atoms with E-state index in [-0.39, 0.29) is 18.4 Å². The molecule has 2 heterocycles. The van der Waals surface area contributed by atoms with E-state index in [2.05, 4.69) is 4.98 Å². The van der Waals surface area contributed by atoms with Gasteiger partial charge in [0.25, 0.3) is 5.91 Å². The first-order valence-corrected chi connectivity index (χ1v) is 8.85. The number of amides is 1. The molecular weight excluding hydrogens is 330 g/mol. The minimum absolute atomic E-state index is 0.0283. The Kier molecular flexibility index (Phi) is 3.90. The van der Waals surface area contributed by atoms with E-state index in [4.69, 9.17) is 5.73 Å². The van der Waals surface area contributed by atoms with Crippen molar-refractivity contribution in [1.29, 1.82) is 0 Å². The summed E-state index contributed by atoms with van der Waals surface area (Å²) in [5.74, 6) is -0.972. The van der Waals surface area contributed by atoms with Gasteiger partial charge in [0.05, 0.1) is 22.4 Å². The molecule has 1 aliphatic heterocycles. The summed E-state index contributed by atoms with van der Waals surface area (Å²) in [6.45, 7) is 0.738. The molecule has 2 aromatic rings. The van der Waals surface area contributed by atoms with Crippen LogP contribution in [0.3, 0.4) is 0 Å². The predicted molar refractivity (Wildman–Crippen MR) is 97.4 cm³/mol. The number of pyridine rings is 1. The number of nitrogen functional groups attached to an aromatic ring is 1. The number of carboxylic acid groups (broad SMARTS) is 1. The second-order valence-electron chi connectivity index (χ2n) is 7.22. The highest BCUT2D eigenvalue weighted by Gasteiger charge is 2.55. The number of aliphatic carboxylic acids is 1. The minimum atomic E-state index is -0.792. The summed E-state index contributed by atoms with van der Waals surface area (Å²) in [7, 11) is 0. The highest BCUT2D eigenvalue weighted by atomic mass is 16.4. The zero-order valence-electron chi connectivity index (χ0n) is 14.4. The summed E-state index contributed by atoms with van der Waals surface area (Å²) in [4.78, 5) is 30.9.